The third kappa shape index (κ3) is 4.68. The summed E-state index contributed by atoms with van der Waals surface area (Å²) in [6, 6.07) is 7.38. The first-order chi connectivity index (χ1) is 9.07. The van der Waals surface area contributed by atoms with E-state index in [9.17, 15) is 8.42 Å². The van der Waals surface area contributed by atoms with E-state index in [1.165, 1.54) is 11.8 Å². The number of anilines is 1. The second kappa shape index (κ2) is 6.60. The number of nitrogens with two attached hydrogens (primary N) is 1. The fourth-order valence-electron chi connectivity index (χ4n) is 1.81. The molecule has 7 heteroatoms. The lowest BCUT2D eigenvalue weighted by molar-refractivity contribution is 0.192. The molecular weight excluding hydrogens is 284 g/mol. The molecule has 1 heterocycles. The SMILES string of the molecule is Nc1ccccc1SCCS(=O)(=O)NC1CCOC1. The number of rotatable bonds is 6. The van der Waals surface area contributed by atoms with Gasteiger partial charge in [0.2, 0.25) is 10.0 Å². The average Bonchev–Trinajstić information content (AvgIpc) is 2.83. The van der Waals surface area contributed by atoms with Crippen molar-refractivity contribution >= 4 is 27.5 Å². The smallest absolute Gasteiger partial charge is 0.212 e. The zero-order chi connectivity index (χ0) is 13.7. The third-order valence-electron chi connectivity index (χ3n) is 2.80. The van der Waals surface area contributed by atoms with Crippen molar-refractivity contribution in [3.63, 3.8) is 0 Å². The molecule has 0 aromatic heterocycles. The van der Waals surface area contributed by atoms with Crippen LogP contribution in [0.4, 0.5) is 5.69 Å². The van der Waals surface area contributed by atoms with Gasteiger partial charge in [-0.25, -0.2) is 13.1 Å². The minimum absolute atomic E-state index is 0.0724. The van der Waals surface area contributed by atoms with Gasteiger partial charge in [-0.3, -0.25) is 0 Å². The molecule has 1 atom stereocenters. The molecule has 19 heavy (non-hydrogen) atoms. The molecule has 106 valence electrons. The van der Waals surface area contributed by atoms with Crippen LogP contribution in [-0.4, -0.2) is 39.2 Å². The molecule has 0 bridgehead atoms. The van der Waals surface area contributed by atoms with Gasteiger partial charge in [-0.2, -0.15) is 0 Å². The summed E-state index contributed by atoms with van der Waals surface area (Å²) >= 11 is 1.46. The molecule has 0 amide bonds. The molecule has 5 nitrogen and oxygen atoms in total. The number of para-hydroxylation sites is 1. The lowest BCUT2D eigenvalue weighted by Crippen LogP contribution is -2.37. The van der Waals surface area contributed by atoms with E-state index in [1.807, 2.05) is 24.3 Å². The second-order valence-electron chi connectivity index (χ2n) is 4.38. The standard InChI is InChI=1S/C12H18N2O3S2/c13-11-3-1-2-4-12(11)18-7-8-19(15,16)14-10-5-6-17-9-10/h1-4,10,14H,5-9,13H2. The van der Waals surface area contributed by atoms with Crippen molar-refractivity contribution in [2.24, 2.45) is 0 Å². The number of nitrogen functional groups attached to an aromatic ring is 1. The van der Waals surface area contributed by atoms with E-state index in [4.69, 9.17) is 10.5 Å². The van der Waals surface area contributed by atoms with Crippen LogP contribution >= 0.6 is 11.8 Å². The van der Waals surface area contributed by atoms with Crippen molar-refractivity contribution in [1.29, 1.82) is 0 Å². The molecule has 0 radical (unpaired) electrons. The first-order valence-corrected chi connectivity index (χ1v) is 8.76. The van der Waals surface area contributed by atoms with E-state index in [1.54, 1.807) is 0 Å². The van der Waals surface area contributed by atoms with Crippen LogP contribution < -0.4 is 10.5 Å². The minimum atomic E-state index is -3.24. The Morgan fingerprint density at radius 3 is 2.89 bits per heavy atom. The fraction of sp³-hybridized carbons (Fsp3) is 0.500. The summed E-state index contributed by atoms with van der Waals surface area (Å²) < 4.78 is 31.5. The number of hydrogen-bond acceptors (Lipinski definition) is 5. The fourth-order valence-corrected chi connectivity index (χ4v) is 4.47. The van der Waals surface area contributed by atoms with E-state index in [0.29, 0.717) is 24.7 Å². The maximum atomic E-state index is 11.9. The Bertz CT molecular complexity index is 513. The Morgan fingerprint density at radius 2 is 2.21 bits per heavy atom. The normalized spacial score (nSPS) is 19.7. The Balaban J connectivity index is 1.79. The van der Waals surface area contributed by atoms with E-state index in [2.05, 4.69) is 4.72 Å². The number of ether oxygens (including phenoxy) is 1. The molecule has 3 N–H and O–H groups in total. The van der Waals surface area contributed by atoms with Gasteiger partial charge in [-0.05, 0) is 18.6 Å². The minimum Gasteiger partial charge on any atom is -0.398 e. The molecule has 0 saturated carbocycles. The molecule has 1 aromatic carbocycles. The monoisotopic (exact) mass is 302 g/mol. The van der Waals surface area contributed by atoms with Gasteiger partial charge in [0.25, 0.3) is 0 Å². The van der Waals surface area contributed by atoms with Crippen LogP contribution in [0.15, 0.2) is 29.2 Å². The van der Waals surface area contributed by atoms with Gasteiger partial charge in [-0.15, -0.1) is 11.8 Å². The highest BCUT2D eigenvalue weighted by Gasteiger charge is 2.21. The zero-order valence-electron chi connectivity index (χ0n) is 10.5. The van der Waals surface area contributed by atoms with E-state index < -0.39 is 10.0 Å². The van der Waals surface area contributed by atoms with Gasteiger partial charge in [-0.1, -0.05) is 12.1 Å². The van der Waals surface area contributed by atoms with Crippen LogP contribution in [0.1, 0.15) is 6.42 Å². The van der Waals surface area contributed by atoms with E-state index >= 15 is 0 Å². The lowest BCUT2D eigenvalue weighted by atomic mass is 10.3. The molecule has 0 spiro atoms. The molecule has 0 aliphatic carbocycles. The van der Waals surface area contributed by atoms with Crippen LogP contribution in [0.2, 0.25) is 0 Å². The lowest BCUT2D eigenvalue weighted by Gasteiger charge is -2.11. The number of thioether (sulfide) groups is 1. The predicted octanol–water partition coefficient (Wildman–Crippen LogP) is 1.07. The quantitative estimate of drug-likeness (QED) is 0.607. The Labute approximate surface area is 118 Å². The van der Waals surface area contributed by atoms with Crippen molar-refractivity contribution in [2.45, 2.75) is 17.4 Å². The molecule has 1 aliphatic heterocycles. The first kappa shape index (κ1) is 14.6. The highest BCUT2D eigenvalue weighted by atomic mass is 32.2. The Hall–Kier alpha value is -0.760. The molecule has 1 aromatic rings. The summed E-state index contributed by atoms with van der Waals surface area (Å²) in [4.78, 5) is 0.918. The van der Waals surface area contributed by atoms with Gasteiger partial charge < -0.3 is 10.5 Å². The number of sulfonamides is 1. The maximum Gasteiger partial charge on any atom is 0.212 e. The highest BCUT2D eigenvalue weighted by molar-refractivity contribution is 8.00. The largest absolute Gasteiger partial charge is 0.398 e. The van der Waals surface area contributed by atoms with E-state index in [-0.39, 0.29) is 11.8 Å². The summed E-state index contributed by atoms with van der Waals surface area (Å²) in [6.45, 7) is 1.10. The topological polar surface area (TPSA) is 81.4 Å². The van der Waals surface area contributed by atoms with Gasteiger partial charge in [0.1, 0.15) is 0 Å². The molecular formula is C12H18N2O3S2. The molecule has 1 aliphatic rings. The van der Waals surface area contributed by atoms with Gasteiger partial charge >= 0.3 is 0 Å². The second-order valence-corrected chi connectivity index (χ2v) is 7.39. The summed E-state index contributed by atoms with van der Waals surface area (Å²) in [6.07, 6.45) is 0.748. The molecule has 1 fully saturated rings. The van der Waals surface area contributed by atoms with Gasteiger partial charge in [0.05, 0.1) is 12.4 Å². The maximum absolute atomic E-state index is 11.9. The zero-order valence-corrected chi connectivity index (χ0v) is 12.2. The summed E-state index contributed by atoms with van der Waals surface area (Å²) in [5.41, 5.74) is 6.48. The summed E-state index contributed by atoms with van der Waals surface area (Å²) in [5.74, 6) is 0.569. The molecule has 1 unspecified atom stereocenters. The summed E-state index contributed by atoms with van der Waals surface area (Å²) in [7, 11) is -3.24. The number of hydrogen-bond donors (Lipinski definition) is 2. The van der Waals surface area contributed by atoms with Crippen molar-refractivity contribution in [3.8, 4) is 0 Å². The Morgan fingerprint density at radius 1 is 1.42 bits per heavy atom. The van der Waals surface area contributed by atoms with Crippen molar-refractivity contribution < 1.29 is 13.2 Å². The van der Waals surface area contributed by atoms with Gasteiger partial charge in [0, 0.05) is 29.0 Å². The number of benzene rings is 1. The first-order valence-electron chi connectivity index (χ1n) is 6.12. The predicted molar refractivity (Wildman–Crippen MR) is 77.7 cm³/mol. The van der Waals surface area contributed by atoms with Crippen molar-refractivity contribution in [3.05, 3.63) is 24.3 Å². The van der Waals surface area contributed by atoms with E-state index in [0.717, 1.165) is 11.3 Å². The van der Waals surface area contributed by atoms with Gasteiger partial charge in [0.15, 0.2) is 0 Å². The third-order valence-corrected chi connectivity index (χ3v) is 5.59. The number of nitrogens with one attached hydrogen (secondary N) is 1. The van der Waals surface area contributed by atoms with Crippen LogP contribution in [0.25, 0.3) is 0 Å². The molecule has 2 rings (SSSR count). The van der Waals surface area contributed by atoms with Crippen molar-refractivity contribution in [1.82, 2.24) is 4.72 Å². The summed E-state index contributed by atoms with van der Waals surface area (Å²) in [5, 5.41) is 0. The van der Waals surface area contributed by atoms with Crippen LogP contribution in [0, 0.1) is 0 Å². The van der Waals surface area contributed by atoms with Crippen LogP contribution in [0.5, 0.6) is 0 Å². The molecule has 1 saturated heterocycles. The van der Waals surface area contributed by atoms with Crippen LogP contribution in [0.3, 0.4) is 0 Å². The van der Waals surface area contributed by atoms with Crippen LogP contribution in [-0.2, 0) is 14.8 Å². The average molecular weight is 302 g/mol. The highest BCUT2D eigenvalue weighted by Crippen LogP contribution is 2.24. The Kier molecular flexibility index (Phi) is 5.09. The van der Waals surface area contributed by atoms with Crippen molar-refractivity contribution in [2.75, 3.05) is 30.5 Å².